The van der Waals surface area contributed by atoms with Gasteiger partial charge in [0.1, 0.15) is 0 Å². The zero-order valence-corrected chi connectivity index (χ0v) is 14.0. The normalized spacial score (nSPS) is 18.5. The Morgan fingerprint density at radius 3 is 2.73 bits per heavy atom. The number of hydrogen-bond donors (Lipinski definition) is 1. The quantitative estimate of drug-likeness (QED) is 0.878. The van der Waals surface area contributed by atoms with Gasteiger partial charge < -0.3 is 10.6 Å². The van der Waals surface area contributed by atoms with Crippen LogP contribution < -0.4 is 5.73 Å². The Kier molecular flexibility index (Phi) is 5.97. The summed E-state index contributed by atoms with van der Waals surface area (Å²) in [6, 6.07) is -0.380. The largest absolute Gasteiger partial charge is 0.340 e. The van der Waals surface area contributed by atoms with Gasteiger partial charge in [0, 0.05) is 51.0 Å². The molecule has 6 heteroatoms. The van der Waals surface area contributed by atoms with Crippen molar-refractivity contribution in [2.75, 3.05) is 26.2 Å². The van der Waals surface area contributed by atoms with Gasteiger partial charge in [-0.3, -0.25) is 14.4 Å². The van der Waals surface area contributed by atoms with Crippen LogP contribution in [-0.4, -0.2) is 57.7 Å². The molecule has 0 saturated carbocycles. The lowest BCUT2D eigenvalue weighted by Crippen LogP contribution is -2.47. The highest BCUT2D eigenvalue weighted by Gasteiger charge is 2.25. The summed E-state index contributed by atoms with van der Waals surface area (Å²) in [6.07, 6.45) is 5.03. The minimum absolute atomic E-state index is 0.0932. The van der Waals surface area contributed by atoms with Gasteiger partial charge in [-0.05, 0) is 19.3 Å². The van der Waals surface area contributed by atoms with Crippen LogP contribution in [0.15, 0.2) is 12.4 Å². The molecule has 1 aromatic heterocycles. The fraction of sp³-hybridized carbons (Fsp3) is 0.750. The van der Waals surface area contributed by atoms with E-state index >= 15 is 0 Å². The lowest BCUT2D eigenvalue weighted by Gasteiger charge is -2.26. The maximum atomic E-state index is 12.4. The van der Waals surface area contributed by atoms with Crippen molar-refractivity contribution in [3.63, 3.8) is 0 Å². The molecular weight excluding hydrogens is 278 g/mol. The molecule has 22 heavy (non-hydrogen) atoms. The Bertz CT molecular complexity index is 485. The van der Waals surface area contributed by atoms with E-state index in [0.717, 1.165) is 45.7 Å². The predicted molar refractivity (Wildman–Crippen MR) is 87.2 cm³/mol. The number of carbonyl (C=O) groups is 1. The molecule has 2 heterocycles. The lowest BCUT2D eigenvalue weighted by molar-refractivity contribution is -0.133. The minimum Gasteiger partial charge on any atom is -0.340 e. The van der Waals surface area contributed by atoms with E-state index in [1.807, 2.05) is 29.6 Å². The van der Waals surface area contributed by atoms with Gasteiger partial charge in [0.2, 0.25) is 5.91 Å². The molecule has 124 valence electrons. The monoisotopic (exact) mass is 307 g/mol. The second-order valence-electron chi connectivity index (χ2n) is 6.43. The Morgan fingerprint density at radius 1 is 1.32 bits per heavy atom. The van der Waals surface area contributed by atoms with E-state index in [2.05, 4.69) is 23.1 Å². The summed E-state index contributed by atoms with van der Waals surface area (Å²) < 4.78 is 1.95. The second-order valence-corrected chi connectivity index (χ2v) is 6.43. The average Bonchev–Trinajstić information content (AvgIpc) is 2.83. The summed E-state index contributed by atoms with van der Waals surface area (Å²) >= 11 is 0. The SMILES string of the molecule is CCn1cc(CN2CCCN(C(=O)[C@@H](N)C(C)C)CC2)cn1. The van der Waals surface area contributed by atoms with Crippen LogP contribution in [0.1, 0.15) is 32.8 Å². The summed E-state index contributed by atoms with van der Waals surface area (Å²) in [5.74, 6) is 0.280. The van der Waals surface area contributed by atoms with Gasteiger partial charge in [0.15, 0.2) is 0 Å². The molecule has 1 aromatic rings. The van der Waals surface area contributed by atoms with Crippen molar-refractivity contribution in [2.45, 2.75) is 46.3 Å². The fourth-order valence-corrected chi connectivity index (χ4v) is 2.76. The third-order valence-electron chi connectivity index (χ3n) is 4.32. The summed E-state index contributed by atoms with van der Waals surface area (Å²) in [6.45, 7) is 11.4. The lowest BCUT2D eigenvalue weighted by atomic mass is 10.0. The number of aromatic nitrogens is 2. The highest BCUT2D eigenvalue weighted by molar-refractivity contribution is 5.81. The van der Waals surface area contributed by atoms with E-state index < -0.39 is 0 Å². The van der Waals surface area contributed by atoms with Crippen LogP contribution in [0.25, 0.3) is 0 Å². The Labute approximate surface area is 133 Å². The van der Waals surface area contributed by atoms with E-state index in [1.165, 1.54) is 5.56 Å². The van der Waals surface area contributed by atoms with E-state index in [1.54, 1.807) is 0 Å². The standard InChI is InChI=1S/C16H29N5O/c1-4-21-12-14(10-18-21)11-19-6-5-7-20(9-8-19)16(22)15(17)13(2)3/h10,12-13,15H,4-9,11,17H2,1-3H3/t15-/m0/s1. The number of rotatable bonds is 5. The third-order valence-corrected chi connectivity index (χ3v) is 4.32. The van der Waals surface area contributed by atoms with Crippen molar-refractivity contribution in [2.24, 2.45) is 11.7 Å². The molecular formula is C16H29N5O. The van der Waals surface area contributed by atoms with Crippen molar-refractivity contribution in [3.8, 4) is 0 Å². The summed E-state index contributed by atoms with van der Waals surface area (Å²) in [5, 5.41) is 4.32. The molecule has 1 fully saturated rings. The molecule has 0 aromatic carbocycles. The summed E-state index contributed by atoms with van der Waals surface area (Å²) in [5.41, 5.74) is 7.24. The first-order valence-electron chi connectivity index (χ1n) is 8.29. The fourth-order valence-electron chi connectivity index (χ4n) is 2.76. The smallest absolute Gasteiger partial charge is 0.239 e. The van der Waals surface area contributed by atoms with E-state index in [0.29, 0.717) is 0 Å². The molecule has 0 aliphatic carbocycles. The van der Waals surface area contributed by atoms with Gasteiger partial charge in [0.05, 0.1) is 12.2 Å². The number of carbonyl (C=O) groups excluding carboxylic acids is 1. The predicted octanol–water partition coefficient (Wildman–Crippen LogP) is 0.921. The molecule has 1 atom stereocenters. The zero-order valence-electron chi connectivity index (χ0n) is 14.0. The molecule has 0 unspecified atom stereocenters. The molecule has 1 aliphatic rings. The summed E-state index contributed by atoms with van der Waals surface area (Å²) in [4.78, 5) is 16.7. The molecule has 1 aliphatic heterocycles. The molecule has 0 spiro atoms. The highest BCUT2D eigenvalue weighted by Crippen LogP contribution is 2.11. The van der Waals surface area contributed by atoms with Gasteiger partial charge in [-0.25, -0.2) is 0 Å². The number of aryl methyl sites for hydroxylation is 1. The van der Waals surface area contributed by atoms with Gasteiger partial charge in [-0.15, -0.1) is 0 Å². The van der Waals surface area contributed by atoms with Crippen LogP contribution >= 0.6 is 0 Å². The maximum Gasteiger partial charge on any atom is 0.239 e. The third kappa shape index (κ3) is 4.30. The van der Waals surface area contributed by atoms with Gasteiger partial charge in [-0.2, -0.15) is 5.10 Å². The van der Waals surface area contributed by atoms with Crippen LogP contribution in [0.4, 0.5) is 0 Å². The number of amides is 1. The summed E-state index contributed by atoms with van der Waals surface area (Å²) in [7, 11) is 0. The Hall–Kier alpha value is -1.40. The molecule has 1 amide bonds. The van der Waals surface area contributed by atoms with Crippen molar-refractivity contribution in [1.29, 1.82) is 0 Å². The molecule has 2 rings (SSSR count). The van der Waals surface area contributed by atoms with Gasteiger partial charge in [0.25, 0.3) is 0 Å². The van der Waals surface area contributed by atoms with Crippen molar-refractivity contribution in [3.05, 3.63) is 18.0 Å². The number of nitrogens with zero attached hydrogens (tertiary/aromatic N) is 4. The number of hydrogen-bond acceptors (Lipinski definition) is 4. The van der Waals surface area contributed by atoms with Crippen LogP contribution in [0.2, 0.25) is 0 Å². The molecule has 2 N–H and O–H groups in total. The van der Waals surface area contributed by atoms with Crippen molar-refractivity contribution >= 4 is 5.91 Å². The minimum atomic E-state index is -0.380. The van der Waals surface area contributed by atoms with Crippen LogP contribution in [-0.2, 0) is 17.9 Å². The first-order chi connectivity index (χ1) is 10.5. The van der Waals surface area contributed by atoms with E-state index in [9.17, 15) is 4.79 Å². The van der Waals surface area contributed by atoms with Crippen LogP contribution in [0, 0.1) is 5.92 Å². The Balaban J connectivity index is 1.88. The maximum absolute atomic E-state index is 12.4. The highest BCUT2D eigenvalue weighted by atomic mass is 16.2. The number of nitrogens with two attached hydrogens (primary N) is 1. The molecule has 0 bridgehead atoms. The van der Waals surface area contributed by atoms with Crippen molar-refractivity contribution < 1.29 is 4.79 Å². The first-order valence-corrected chi connectivity index (χ1v) is 8.29. The van der Waals surface area contributed by atoms with Crippen LogP contribution in [0.5, 0.6) is 0 Å². The molecule has 0 radical (unpaired) electrons. The van der Waals surface area contributed by atoms with Crippen LogP contribution in [0.3, 0.4) is 0 Å². The first kappa shape index (κ1) is 17.0. The molecule has 6 nitrogen and oxygen atoms in total. The topological polar surface area (TPSA) is 67.4 Å². The second kappa shape index (κ2) is 7.74. The Morgan fingerprint density at radius 2 is 2.09 bits per heavy atom. The van der Waals surface area contributed by atoms with Crippen molar-refractivity contribution in [1.82, 2.24) is 19.6 Å². The zero-order chi connectivity index (χ0) is 16.1. The van der Waals surface area contributed by atoms with E-state index in [4.69, 9.17) is 5.73 Å². The molecule has 1 saturated heterocycles. The van der Waals surface area contributed by atoms with E-state index in [-0.39, 0.29) is 17.9 Å². The average molecular weight is 307 g/mol. The van der Waals surface area contributed by atoms with Gasteiger partial charge >= 0.3 is 0 Å². The van der Waals surface area contributed by atoms with Gasteiger partial charge in [-0.1, -0.05) is 13.8 Å².